The lowest BCUT2D eigenvalue weighted by molar-refractivity contribution is -0.381. The van der Waals surface area contributed by atoms with Crippen LogP contribution in [0.1, 0.15) is 0 Å². The van der Waals surface area contributed by atoms with Crippen LogP contribution in [0.15, 0.2) is 60.7 Å². The molecule has 2 radical (unpaired) electrons. The highest BCUT2D eigenvalue weighted by atomic mass is 16.6. The molecule has 102 valence electrons. The van der Waals surface area contributed by atoms with Crippen LogP contribution in [0.4, 0.5) is 5.69 Å². The van der Waals surface area contributed by atoms with E-state index in [2.05, 4.69) is 0 Å². The molecule has 4 rings (SSSR count). The average molecular weight is 283 g/mol. The van der Waals surface area contributed by atoms with Gasteiger partial charge in [0, 0.05) is 0 Å². The highest BCUT2D eigenvalue weighted by Gasteiger charge is 2.21. The second kappa shape index (κ2) is 4.56. The molecule has 0 saturated heterocycles. The van der Waals surface area contributed by atoms with Crippen molar-refractivity contribution in [1.29, 1.82) is 0 Å². The molecule has 0 fully saturated rings. The predicted octanol–water partition coefficient (Wildman–Crippen LogP) is 3.85. The third-order valence-corrected chi connectivity index (χ3v) is 4.11. The van der Waals surface area contributed by atoms with E-state index in [9.17, 15) is 10.1 Å². The minimum atomic E-state index is -0.378. The Bertz CT molecular complexity index is 1070. The van der Waals surface area contributed by atoms with Crippen LogP contribution in [0.3, 0.4) is 0 Å². The Morgan fingerprint density at radius 3 is 2.14 bits per heavy atom. The molecule has 0 spiro atoms. The molecule has 22 heavy (non-hydrogen) atoms. The van der Waals surface area contributed by atoms with Crippen LogP contribution in [0, 0.1) is 10.1 Å². The summed E-state index contributed by atoms with van der Waals surface area (Å²) in [6.07, 6.45) is 0. The first-order valence-corrected chi connectivity index (χ1v) is 6.94. The predicted molar refractivity (Wildman–Crippen MR) is 91.0 cm³/mol. The van der Waals surface area contributed by atoms with Crippen LogP contribution in [0.5, 0.6) is 0 Å². The summed E-state index contributed by atoms with van der Waals surface area (Å²) in [5, 5.41) is 16.6. The summed E-state index contributed by atoms with van der Waals surface area (Å²) in [4.78, 5) is 11.3. The lowest BCUT2D eigenvalue weighted by atomic mass is 9.83. The summed E-state index contributed by atoms with van der Waals surface area (Å²) >= 11 is 0. The third kappa shape index (κ3) is 1.64. The second-order valence-electron chi connectivity index (χ2n) is 5.27. The maximum atomic E-state index is 11.6. The molecule has 3 nitrogen and oxygen atoms in total. The van der Waals surface area contributed by atoms with Gasteiger partial charge in [0.25, 0.3) is 5.69 Å². The molecule has 0 bridgehead atoms. The lowest BCUT2D eigenvalue weighted by Gasteiger charge is -2.11. The van der Waals surface area contributed by atoms with Crippen molar-refractivity contribution in [2.45, 2.75) is 0 Å². The Labute approximate surface area is 127 Å². The van der Waals surface area contributed by atoms with Gasteiger partial charge in [-0.15, -0.1) is 0 Å². The Morgan fingerprint density at radius 2 is 1.41 bits per heavy atom. The van der Waals surface area contributed by atoms with Crippen molar-refractivity contribution in [2.24, 2.45) is 0 Å². The molecular weight excluding hydrogens is 273 g/mol. The van der Waals surface area contributed by atoms with Crippen molar-refractivity contribution >= 4 is 51.3 Å². The van der Waals surface area contributed by atoms with Gasteiger partial charge in [-0.2, -0.15) is 0 Å². The van der Waals surface area contributed by atoms with Crippen molar-refractivity contribution < 1.29 is 4.92 Å². The molecule has 0 unspecified atom stereocenters. The molecule has 0 aliphatic carbocycles. The summed E-state index contributed by atoms with van der Waals surface area (Å²) in [5.41, 5.74) is 0.218. The Balaban J connectivity index is 2.41. The van der Waals surface area contributed by atoms with Gasteiger partial charge in [0.05, 0.1) is 10.3 Å². The summed E-state index contributed by atoms with van der Waals surface area (Å²) in [6.45, 7) is 0. The van der Waals surface area contributed by atoms with E-state index in [1.807, 2.05) is 60.7 Å². The van der Waals surface area contributed by atoms with Gasteiger partial charge >= 0.3 is 0 Å². The van der Waals surface area contributed by atoms with E-state index in [-0.39, 0.29) is 16.1 Å². The van der Waals surface area contributed by atoms with Gasteiger partial charge in [-0.25, -0.2) is 0 Å². The molecule has 0 aromatic heterocycles. The molecule has 0 aliphatic rings. The molecule has 0 aliphatic heterocycles. The topological polar surface area (TPSA) is 43.1 Å². The smallest absolute Gasteiger partial charge is 0.258 e. The Hall–Kier alpha value is -2.88. The van der Waals surface area contributed by atoms with Crippen LogP contribution in [-0.2, 0) is 0 Å². The first-order chi connectivity index (χ1) is 10.7. The fraction of sp³-hybridized carbons (Fsp3) is 0. The highest BCUT2D eigenvalue weighted by Crippen LogP contribution is 2.36. The Kier molecular flexibility index (Phi) is 2.66. The molecule has 0 saturated carbocycles. The molecule has 0 N–H and O–H groups in total. The van der Waals surface area contributed by atoms with Gasteiger partial charge < -0.3 is 0 Å². The van der Waals surface area contributed by atoms with Gasteiger partial charge in [0.15, 0.2) is 0 Å². The summed E-state index contributed by atoms with van der Waals surface area (Å²) in [5.74, 6) is 0. The lowest BCUT2D eigenvalue weighted by Crippen LogP contribution is -2.12. The van der Waals surface area contributed by atoms with E-state index in [0.717, 1.165) is 26.9 Å². The normalized spacial score (nSPS) is 11.3. The fourth-order valence-corrected chi connectivity index (χ4v) is 3.16. The maximum Gasteiger partial charge on any atom is 0.271 e. The number of hydrogen-bond donors (Lipinski definition) is 0. The molecular formula is C18H10BNO2. The zero-order chi connectivity index (χ0) is 15.3. The van der Waals surface area contributed by atoms with Gasteiger partial charge in [-0.3, -0.25) is 10.1 Å². The number of nitrogens with zero attached hydrogens (tertiary/aromatic N) is 1. The van der Waals surface area contributed by atoms with Crippen molar-refractivity contribution in [3.8, 4) is 0 Å². The standard InChI is InChI=1S/C18H10BNO2/c19-17-15-8-4-3-7-13(15)14-10-9-11-5-1-2-6-12(11)16(14)18(17)20(21)22/h1-10H. The zero-order valence-electron chi connectivity index (χ0n) is 11.6. The SMILES string of the molecule is [B]c1c([N+](=O)[O-])c2c3ccccc3ccc2c2ccccc12. The third-order valence-electron chi connectivity index (χ3n) is 4.11. The van der Waals surface area contributed by atoms with E-state index in [1.165, 1.54) is 0 Å². The molecule has 0 amide bonds. The van der Waals surface area contributed by atoms with E-state index >= 15 is 0 Å². The molecule has 0 atom stereocenters. The van der Waals surface area contributed by atoms with E-state index in [4.69, 9.17) is 7.85 Å². The van der Waals surface area contributed by atoms with Crippen LogP contribution < -0.4 is 5.46 Å². The number of nitro groups is 1. The molecule has 4 aromatic rings. The van der Waals surface area contributed by atoms with Crippen molar-refractivity contribution in [2.75, 3.05) is 0 Å². The summed E-state index contributed by atoms with van der Waals surface area (Å²) < 4.78 is 0. The first kappa shape index (κ1) is 12.8. The Morgan fingerprint density at radius 1 is 0.773 bits per heavy atom. The van der Waals surface area contributed by atoms with Gasteiger partial charge in [-0.05, 0) is 32.4 Å². The first-order valence-electron chi connectivity index (χ1n) is 6.94. The minimum absolute atomic E-state index is 0.00880. The second-order valence-corrected chi connectivity index (χ2v) is 5.27. The van der Waals surface area contributed by atoms with Crippen molar-refractivity contribution in [3.63, 3.8) is 0 Å². The van der Waals surface area contributed by atoms with Crippen molar-refractivity contribution in [1.82, 2.24) is 0 Å². The number of nitro benzene ring substituents is 1. The monoisotopic (exact) mass is 283 g/mol. The van der Waals surface area contributed by atoms with Crippen LogP contribution >= 0.6 is 0 Å². The average Bonchev–Trinajstić information content (AvgIpc) is 2.54. The highest BCUT2D eigenvalue weighted by molar-refractivity contribution is 6.46. The van der Waals surface area contributed by atoms with E-state index < -0.39 is 0 Å². The minimum Gasteiger partial charge on any atom is -0.258 e. The van der Waals surface area contributed by atoms with Crippen LogP contribution in [0.25, 0.3) is 32.3 Å². The number of hydrogen-bond acceptors (Lipinski definition) is 2. The van der Waals surface area contributed by atoms with Gasteiger partial charge in [0.2, 0.25) is 0 Å². The molecule has 4 heteroatoms. The van der Waals surface area contributed by atoms with Crippen LogP contribution in [0.2, 0.25) is 0 Å². The summed E-state index contributed by atoms with van der Waals surface area (Å²) in [6, 6.07) is 19.1. The van der Waals surface area contributed by atoms with E-state index in [1.54, 1.807) is 0 Å². The number of benzene rings is 4. The molecule has 0 heterocycles. The zero-order valence-corrected chi connectivity index (χ0v) is 11.6. The van der Waals surface area contributed by atoms with Gasteiger partial charge in [0.1, 0.15) is 7.85 Å². The van der Waals surface area contributed by atoms with E-state index in [0.29, 0.717) is 5.39 Å². The summed E-state index contributed by atoms with van der Waals surface area (Å²) in [7, 11) is 6.14. The van der Waals surface area contributed by atoms with Crippen molar-refractivity contribution in [3.05, 3.63) is 70.8 Å². The van der Waals surface area contributed by atoms with Crippen LogP contribution in [-0.4, -0.2) is 12.8 Å². The quantitative estimate of drug-likeness (QED) is 0.230. The van der Waals surface area contributed by atoms with Gasteiger partial charge in [-0.1, -0.05) is 60.7 Å². The maximum absolute atomic E-state index is 11.6. The fourth-order valence-electron chi connectivity index (χ4n) is 3.16. The number of rotatable bonds is 1. The molecule has 4 aromatic carbocycles. The number of fused-ring (bicyclic) bond motifs is 5. The largest absolute Gasteiger partial charge is 0.271 e.